The molecule has 0 bridgehead atoms. The van der Waals surface area contributed by atoms with E-state index >= 15 is 0 Å². The highest BCUT2D eigenvalue weighted by Gasteiger charge is 2.14. The van der Waals surface area contributed by atoms with Crippen LogP contribution in [0.1, 0.15) is 17.1 Å². The Morgan fingerprint density at radius 1 is 1.24 bits per heavy atom. The topological polar surface area (TPSA) is 57.2 Å². The van der Waals surface area contributed by atoms with E-state index in [1.165, 1.54) is 0 Å². The van der Waals surface area contributed by atoms with Crippen LogP contribution in [0.15, 0.2) is 66.6 Å². The molecule has 6 nitrogen and oxygen atoms in total. The van der Waals surface area contributed by atoms with E-state index in [2.05, 4.69) is 21.8 Å². The Kier molecular flexibility index (Phi) is 5.87. The molecule has 0 N–H and O–H groups in total. The molecule has 0 aliphatic heterocycles. The SMILES string of the molecule is C=CCn1c(COc2cc(C)ccc2Cl)nnc1SCc1cn2ccccc2n1. The number of thioether (sulfide) groups is 1. The molecule has 0 saturated carbocycles. The highest BCUT2D eigenvalue weighted by Crippen LogP contribution is 2.27. The number of aromatic nitrogens is 5. The van der Waals surface area contributed by atoms with Gasteiger partial charge in [0.15, 0.2) is 11.0 Å². The van der Waals surface area contributed by atoms with Gasteiger partial charge >= 0.3 is 0 Å². The number of imidazole rings is 1. The summed E-state index contributed by atoms with van der Waals surface area (Å²) in [6.45, 7) is 6.72. The molecule has 0 saturated heterocycles. The lowest BCUT2D eigenvalue weighted by molar-refractivity contribution is 0.289. The quantitative estimate of drug-likeness (QED) is 0.295. The number of benzene rings is 1. The number of aryl methyl sites for hydroxylation is 1. The molecule has 0 spiro atoms. The van der Waals surface area contributed by atoms with Crippen LogP contribution in [-0.2, 0) is 18.9 Å². The Morgan fingerprint density at radius 2 is 2.14 bits per heavy atom. The summed E-state index contributed by atoms with van der Waals surface area (Å²) in [6, 6.07) is 11.6. The first-order valence-corrected chi connectivity index (χ1v) is 10.5. The first kappa shape index (κ1) is 19.5. The van der Waals surface area contributed by atoms with E-state index in [1.54, 1.807) is 11.8 Å². The van der Waals surface area contributed by atoms with Crippen LogP contribution in [0.4, 0.5) is 0 Å². The number of nitrogens with zero attached hydrogens (tertiary/aromatic N) is 5. The van der Waals surface area contributed by atoms with Crippen LogP contribution >= 0.6 is 23.4 Å². The lowest BCUT2D eigenvalue weighted by atomic mass is 10.2. The molecule has 29 heavy (non-hydrogen) atoms. The van der Waals surface area contributed by atoms with Crippen molar-refractivity contribution in [1.82, 2.24) is 24.1 Å². The molecule has 0 aliphatic rings. The van der Waals surface area contributed by atoms with Gasteiger partial charge in [0.2, 0.25) is 0 Å². The second-order valence-electron chi connectivity index (χ2n) is 6.51. The molecule has 3 heterocycles. The van der Waals surface area contributed by atoms with Crippen molar-refractivity contribution in [2.75, 3.05) is 0 Å². The third-order valence-corrected chi connectivity index (χ3v) is 5.62. The van der Waals surface area contributed by atoms with Crippen molar-refractivity contribution in [2.45, 2.75) is 31.0 Å². The molecule has 1 aromatic carbocycles. The van der Waals surface area contributed by atoms with Crippen LogP contribution in [0, 0.1) is 6.92 Å². The molecule has 4 aromatic rings. The number of allylic oxidation sites excluding steroid dienone is 1. The van der Waals surface area contributed by atoms with Crippen molar-refractivity contribution in [3.8, 4) is 5.75 Å². The standard InChI is InChI=1S/C21H20ClN5OS/c1-3-9-27-20(13-28-18-11-15(2)7-8-17(18)22)24-25-21(27)29-14-16-12-26-10-5-4-6-19(26)23-16/h3-8,10-12H,1,9,13-14H2,2H3. The predicted octanol–water partition coefficient (Wildman–Crippen LogP) is 4.94. The number of fused-ring (bicyclic) bond motifs is 1. The van der Waals surface area contributed by atoms with Crippen molar-refractivity contribution < 1.29 is 4.74 Å². The van der Waals surface area contributed by atoms with Gasteiger partial charge in [0, 0.05) is 24.7 Å². The lowest BCUT2D eigenvalue weighted by Crippen LogP contribution is -2.07. The number of halogens is 1. The Labute approximate surface area is 178 Å². The van der Waals surface area contributed by atoms with Crippen LogP contribution in [0.25, 0.3) is 5.65 Å². The van der Waals surface area contributed by atoms with Gasteiger partial charge in [-0.3, -0.25) is 4.57 Å². The van der Waals surface area contributed by atoms with E-state index in [0.717, 1.165) is 27.9 Å². The lowest BCUT2D eigenvalue weighted by Gasteiger charge is -2.10. The third kappa shape index (κ3) is 4.46. The van der Waals surface area contributed by atoms with Gasteiger partial charge in [0.05, 0.1) is 10.7 Å². The van der Waals surface area contributed by atoms with Crippen molar-refractivity contribution in [3.05, 3.63) is 83.6 Å². The summed E-state index contributed by atoms with van der Waals surface area (Å²) in [6.07, 6.45) is 5.84. The van der Waals surface area contributed by atoms with Crippen LogP contribution in [0.3, 0.4) is 0 Å². The van der Waals surface area contributed by atoms with Crippen molar-refractivity contribution >= 4 is 29.0 Å². The molecule has 0 unspecified atom stereocenters. The summed E-state index contributed by atoms with van der Waals surface area (Å²) in [4.78, 5) is 4.63. The average molecular weight is 426 g/mol. The zero-order valence-electron chi connectivity index (χ0n) is 16.0. The van der Waals surface area contributed by atoms with Crippen LogP contribution in [0.5, 0.6) is 5.75 Å². The van der Waals surface area contributed by atoms with E-state index in [9.17, 15) is 0 Å². The van der Waals surface area contributed by atoms with Gasteiger partial charge < -0.3 is 9.14 Å². The van der Waals surface area contributed by atoms with Gasteiger partial charge in [0.1, 0.15) is 18.0 Å². The molecule has 8 heteroatoms. The molecule has 0 amide bonds. The van der Waals surface area contributed by atoms with Gasteiger partial charge in [-0.15, -0.1) is 16.8 Å². The zero-order chi connectivity index (χ0) is 20.2. The minimum atomic E-state index is 0.277. The normalized spacial score (nSPS) is 11.1. The fourth-order valence-corrected chi connectivity index (χ4v) is 3.93. The van der Waals surface area contributed by atoms with E-state index in [1.807, 2.05) is 70.8 Å². The fraction of sp³-hybridized carbons (Fsp3) is 0.190. The molecule has 0 fully saturated rings. The number of hydrogen-bond donors (Lipinski definition) is 0. The fourth-order valence-electron chi connectivity index (χ4n) is 2.90. The third-order valence-electron chi connectivity index (χ3n) is 4.31. The molecule has 3 aromatic heterocycles. The molecular weight excluding hydrogens is 406 g/mol. The minimum Gasteiger partial charge on any atom is -0.484 e. The summed E-state index contributed by atoms with van der Waals surface area (Å²) < 4.78 is 9.90. The number of hydrogen-bond acceptors (Lipinski definition) is 5. The van der Waals surface area contributed by atoms with E-state index in [0.29, 0.717) is 23.1 Å². The van der Waals surface area contributed by atoms with Gasteiger partial charge in [-0.05, 0) is 36.8 Å². The molecule has 0 radical (unpaired) electrons. The average Bonchev–Trinajstić information content (AvgIpc) is 3.31. The summed E-state index contributed by atoms with van der Waals surface area (Å²) in [5.41, 5.74) is 3.00. The van der Waals surface area contributed by atoms with Crippen LogP contribution in [0.2, 0.25) is 5.02 Å². The summed E-state index contributed by atoms with van der Waals surface area (Å²) >= 11 is 7.81. The minimum absolute atomic E-state index is 0.277. The Morgan fingerprint density at radius 3 is 2.97 bits per heavy atom. The highest BCUT2D eigenvalue weighted by molar-refractivity contribution is 7.98. The van der Waals surface area contributed by atoms with Crippen molar-refractivity contribution in [3.63, 3.8) is 0 Å². The largest absolute Gasteiger partial charge is 0.484 e. The monoisotopic (exact) mass is 425 g/mol. The number of pyridine rings is 1. The van der Waals surface area contributed by atoms with E-state index in [4.69, 9.17) is 16.3 Å². The smallest absolute Gasteiger partial charge is 0.191 e. The zero-order valence-corrected chi connectivity index (χ0v) is 17.5. The first-order chi connectivity index (χ1) is 14.1. The van der Waals surface area contributed by atoms with Crippen molar-refractivity contribution in [2.24, 2.45) is 0 Å². The molecule has 4 rings (SSSR count). The maximum atomic E-state index is 6.22. The second kappa shape index (κ2) is 8.71. The molecule has 0 atom stereocenters. The highest BCUT2D eigenvalue weighted by atomic mass is 35.5. The predicted molar refractivity (Wildman–Crippen MR) is 115 cm³/mol. The Balaban J connectivity index is 1.48. The van der Waals surface area contributed by atoms with E-state index in [-0.39, 0.29) is 6.61 Å². The maximum Gasteiger partial charge on any atom is 0.191 e. The van der Waals surface area contributed by atoms with Crippen molar-refractivity contribution in [1.29, 1.82) is 0 Å². The Bertz CT molecular complexity index is 1120. The van der Waals surface area contributed by atoms with E-state index < -0.39 is 0 Å². The van der Waals surface area contributed by atoms with Gasteiger partial charge in [-0.25, -0.2) is 4.98 Å². The molecule has 148 valence electrons. The van der Waals surface area contributed by atoms with Crippen LogP contribution in [-0.4, -0.2) is 24.1 Å². The summed E-state index contributed by atoms with van der Waals surface area (Å²) in [5.74, 6) is 2.06. The molecule has 0 aliphatic carbocycles. The van der Waals surface area contributed by atoms with Crippen LogP contribution < -0.4 is 4.74 Å². The summed E-state index contributed by atoms with van der Waals surface area (Å²) in [7, 11) is 0. The summed E-state index contributed by atoms with van der Waals surface area (Å²) in [5, 5.41) is 10.0. The molecular formula is C21H20ClN5OS. The number of rotatable bonds is 8. The maximum absolute atomic E-state index is 6.22. The first-order valence-electron chi connectivity index (χ1n) is 9.11. The number of ether oxygens (including phenoxy) is 1. The van der Waals surface area contributed by atoms with Gasteiger partial charge in [-0.1, -0.05) is 41.6 Å². The van der Waals surface area contributed by atoms with Gasteiger partial charge in [-0.2, -0.15) is 0 Å². The Hall–Kier alpha value is -2.77. The van der Waals surface area contributed by atoms with Gasteiger partial charge in [0.25, 0.3) is 0 Å². The second-order valence-corrected chi connectivity index (χ2v) is 7.86.